The Hall–Kier alpha value is -0.947. The molecule has 0 aliphatic carbocycles. The van der Waals surface area contributed by atoms with Crippen LogP contribution < -0.4 is 5.63 Å². The molecule has 0 bridgehead atoms. The Morgan fingerprint density at radius 3 is 2.58 bits per heavy atom. The molecular weight excluding hydrogens is 205 g/mol. The van der Waals surface area contributed by atoms with Gasteiger partial charge in [-0.15, -0.1) is 0 Å². The normalized spacial score (nSPS) is 9.33. The van der Waals surface area contributed by atoms with Crippen LogP contribution in [0, 0.1) is 0 Å². The zero-order chi connectivity index (χ0) is 7.68. The van der Waals surface area contributed by atoms with Crippen LogP contribution in [0.15, 0.2) is 45.6 Å². The van der Waals surface area contributed by atoms with Crippen molar-refractivity contribution in [2.75, 3.05) is 0 Å². The Balaban J connectivity index is 0.000000720. The third kappa shape index (κ3) is 1.62. The quantitative estimate of drug-likeness (QED) is 0.491. The molecule has 0 radical (unpaired) electrons. The molecule has 0 saturated carbocycles. The van der Waals surface area contributed by atoms with Crippen molar-refractivity contribution in [3.05, 3.63) is 46.8 Å². The van der Waals surface area contributed by atoms with E-state index in [0.29, 0.717) is 5.58 Å². The average Bonchev–Trinajstić information content (AvgIpc) is 2.04. The van der Waals surface area contributed by atoms with Crippen molar-refractivity contribution in [1.29, 1.82) is 0 Å². The summed E-state index contributed by atoms with van der Waals surface area (Å²) in [6, 6.07) is 10.6. The molecular formula is C9H6O2Zn. The number of benzene rings is 1. The van der Waals surface area contributed by atoms with Crippen LogP contribution in [0.4, 0.5) is 0 Å². The van der Waals surface area contributed by atoms with Crippen LogP contribution in [0.3, 0.4) is 0 Å². The van der Waals surface area contributed by atoms with Crippen molar-refractivity contribution in [2.24, 2.45) is 0 Å². The Kier molecular flexibility index (Phi) is 2.77. The second kappa shape index (κ2) is 3.64. The zero-order valence-corrected chi connectivity index (χ0v) is 9.45. The minimum Gasteiger partial charge on any atom is -0.423 e. The van der Waals surface area contributed by atoms with Crippen LogP contribution in [-0.2, 0) is 19.5 Å². The van der Waals surface area contributed by atoms with Crippen molar-refractivity contribution in [1.82, 2.24) is 0 Å². The van der Waals surface area contributed by atoms with E-state index >= 15 is 0 Å². The van der Waals surface area contributed by atoms with E-state index in [1.54, 1.807) is 12.1 Å². The van der Waals surface area contributed by atoms with Gasteiger partial charge in [-0.3, -0.25) is 0 Å². The standard InChI is InChI=1S/C9H6O2.Zn/c10-9-6-5-7-3-1-2-4-8(7)11-9;/h1-6H;. The number of fused-ring (bicyclic) bond motifs is 1. The second-order valence-electron chi connectivity index (χ2n) is 2.29. The Morgan fingerprint density at radius 1 is 1.00 bits per heavy atom. The van der Waals surface area contributed by atoms with Crippen LogP contribution >= 0.6 is 0 Å². The molecule has 0 aliphatic rings. The fourth-order valence-electron chi connectivity index (χ4n) is 1.01. The van der Waals surface area contributed by atoms with Crippen LogP contribution in [0.25, 0.3) is 11.0 Å². The predicted octanol–water partition coefficient (Wildman–Crippen LogP) is 1.79. The van der Waals surface area contributed by atoms with Crippen LogP contribution in [0.5, 0.6) is 0 Å². The van der Waals surface area contributed by atoms with Crippen molar-refractivity contribution in [2.45, 2.75) is 0 Å². The van der Waals surface area contributed by atoms with Crippen molar-refractivity contribution >= 4 is 11.0 Å². The summed E-state index contributed by atoms with van der Waals surface area (Å²) >= 11 is 0. The van der Waals surface area contributed by atoms with Crippen molar-refractivity contribution in [3.63, 3.8) is 0 Å². The molecule has 0 saturated heterocycles. The molecule has 3 heteroatoms. The molecule has 0 amide bonds. The zero-order valence-electron chi connectivity index (χ0n) is 6.49. The monoisotopic (exact) mass is 210 g/mol. The Labute approximate surface area is 82.0 Å². The van der Waals surface area contributed by atoms with Gasteiger partial charge in [-0.25, -0.2) is 4.79 Å². The summed E-state index contributed by atoms with van der Waals surface area (Å²) < 4.78 is 4.91. The van der Waals surface area contributed by atoms with Crippen LogP contribution in [0.1, 0.15) is 0 Å². The van der Waals surface area contributed by atoms with E-state index in [-0.39, 0.29) is 25.1 Å². The minimum absolute atomic E-state index is 0. The molecule has 0 spiro atoms. The maximum atomic E-state index is 10.7. The van der Waals surface area contributed by atoms with Gasteiger partial charge in [-0.1, -0.05) is 18.2 Å². The molecule has 0 unspecified atom stereocenters. The van der Waals surface area contributed by atoms with E-state index in [4.69, 9.17) is 4.42 Å². The van der Waals surface area contributed by atoms with Gasteiger partial charge in [0, 0.05) is 30.9 Å². The first-order valence-electron chi connectivity index (χ1n) is 3.35. The Bertz CT molecular complexity index is 433. The summed E-state index contributed by atoms with van der Waals surface area (Å²) in [5.74, 6) is 0. The summed E-state index contributed by atoms with van der Waals surface area (Å²) in [5, 5.41) is 0.951. The SMILES string of the molecule is O=c1ccc2ccccc2o1.[Zn]. The first kappa shape index (κ1) is 9.14. The smallest absolute Gasteiger partial charge is 0.336 e. The number of hydrogen-bond acceptors (Lipinski definition) is 2. The van der Waals surface area contributed by atoms with Crippen LogP contribution in [-0.4, -0.2) is 0 Å². The van der Waals surface area contributed by atoms with E-state index in [9.17, 15) is 4.79 Å². The molecule has 12 heavy (non-hydrogen) atoms. The van der Waals surface area contributed by atoms with Gasteiger partial charge in [0.15, 0.2) is 0 Å². The van der Waals surface area contributed by atoms with Crippen molar-refractivity contribution < 1.29 is 23.9 Å². The minimum atomic E-state index is -0.302. The molecule has 1 aromatic heterocycles. The van der Waals surface area contributed by atoms with Gasteiger partial charge in [0.2, 0.25) is 0 Å². The maximum absolute atomic E-state index is 10.7. The molecule has 0 fully saturated rings. The summed E-state index contributed by atoms with van der Waals surface area (Å²) in [5.41, 5.74) is 0.337. The largest absolute Gasteiger partial charge is 0.423 e. The first-order chi connectivity index (χ1) is 5.36. The molecule has 0 aliphatic heterocycles. The van der Waals surface area contributed by atoms with Crippen molar-refractivity contribution in [3.8, 4) is 0 Å². The van der Waals surface area contributed by atoms with Gasteiger partial charge in [0.25, 0.3) is 0 Å². The summed E-state index contributed by atoms with van der Waals surface area (Å²) in [4.78, 5) is 10.7. The maximum Gasteiger partial charge on any atom is 0.336 e. The molecule has 1 heterocycles. The average molecular weight is 212 g/mol. The summed E-state index contributed by atoms with van der Waals surface area (Å²) in [6.07, 6.45) is 0. The van der Waals surface area contributed by atoms with E-state index in [1.807, 2.05) is 18.2 Å². The first-order valence-corrected chi connectivity index (χ1v) is 3.35. The topological polar surface area (TPSA) is 30.2 Å². The fraction of sp³-hybridized carbons (Fsp3) is 0. The predicted molar refractivity (Wildman–Crippen MR) is 42.5 cm³/mol. The van der Waals surface area contributed by atoms with Gasteiger partial charge in [-0.05, 0) is 12.1 Å². The molecule has 0 N–H and O–H groups in total. The van der Waals surface area contributed by atoms with E-state index in [1.165, 1.54) is 6.07 Å². The summed E-state index contributed by atoms with van der Waals surface area (Å²) in [6.45, 7) is 0. The molecule has 0 atom stereocenters. The fourth-order valence-corrected chi connectivity index (χ4v) is 1.01. The van der Waals surface area contributed by atoms with Gasteiger partial charge >= 0.3 is 5.63 Å². The van der Waals surface area contributed by atoms with E-state index < -0.39 is 0 Å². The second-order valence-corrected chi connectivity index (χ2v) is 2.29. The number of rotatable bonds is 0. The van der Waals surface area contributed by atoms with Gasteiger partial charge in [0.05, 0.1) is 0 Å². The molecule has 2 nitrogen and oxygen atoms in total. The van der Waals surface area contributed by atoms with Gasteiger partial charge in [0.1, 0.15) is 5.58 Å². The third-order valence-corrected chi connectivity index (χ3v) is 1.53. The summed E-state index contributed by atoms with van der Waals surface area (Å²) in [7, 11) is 0. The molecule has 56 valence electrons. The molecule has 2 rings (SSSR count). The molecule has 1 aromatic carbocycles. The number of para-hydroxylation sites is 1. The third-order valence-electron chi connectivity index (χ3n) is 1.53. The van der Waals surface area contributed by atoms with Gasteiger partial charge in [-0.2, -0.15) is 0 Å². The number of hydrogen-bond donors (Lipinski definition) is 0. The van der Waals surface area contributed by atoms with E-state index in [0.717, 1.165) is 5.39 Å². The molecule has 2 aromatic rings. The van der Waals surface area contributed by atoms with Crippen LogP contribution in [0.2, 0.25) is 0 Å². The Morgan fingerprint density at radius 2 is 1.75 bits per heavy atom. The van der Waals surface area contributed by atoms with Gasteiger partial charge < -0.3 is 4.42 Å². The van der Waals surface area contributed by atoms with E-state index in [2.05, 4.69) is 0 Å².